The number of nitrogens with zero attached hydrogens (tertiary/aromatic N) is 2. The van der Waals surface area contributed by atoms with E-state index in [2.05, 4.69) is 158 Å². The van der Waals surface area contributed by atoms with E-state index in [1.165, 1.54) is 54.9 Å². The van der Waals surface area contributed by atoms with Crippen LogP contribution in [-0.4, -0.2) is 9.97 Å². The lowest BCUT2D eigenvalue weighted by molar-refractivity contribution is 1.37. The van der Waals surface area contributed by atoms with Crippen molar-refractivity contribution in [2.24, 2.45) is 0 Å². The van der Waals surface area contributed by atoms with E-state index in [9.17, 15) is 0 Å². The van der Waals surface area contributed by atoms with Gasteiger partial charge in [-0.25, -0.2) is 4.98 Å². The summed E-state index contributed by atoms with van der Waals surface area (Å²) in [6.45, 7) is 0. The Morgan fingerprint density at radius 2 is 0.848 bits per heavy atom. The smallest absolute Gasteiger partial charge is 0.0972 e. The van der Waals surface area contributed by atoms with Gasteiger partial charge in [0, 0.05) is 22.5 Å². The minimum atomic E-state index is 0.927. The summed E-state index contributed by atoms with van der Waals surface area (Å²) < 4.78 is 0. The van der Waals surface area contributed by atoms with Gasteiger partial charge >= 0.3 is 0 Å². The zero-order valence-corrected chi connectivity index (χ0v) is 25.1. The molecule has 0 aliphatic heterocycles. The van der Waals surface area contributed by atoms with E-state index >= 15 is 0 Å². The maximum Gasteiger partial charge on any atom is 0.0972 e. The fraction of sp³-hybridized carbons (Fsp3) is 0. The molecule has 0 aliphatic rings. The molecule has 0 bridgehead atoms. The van der Waals surface area contributed by atoms with E-state index in [4.69, 9.17) is 9.97 Å². The quantitative estimate of drug-likeness (QED) is 0.152. The number of aromatic nitrogens is 2. The lowest BCUT2D eigenvalue weighted by Crippen LogP contribution is -1.93. The van der Waals surface area contributed by atoms with Crippen LogP contribution in [0.15, 0.2) is 170 Å². The first kappa shape index (κ1) is 26.3. The molecule has 2 nitrogen and oxygen atoms in total. The third kappa shape index (κ3) is 4.35. The maximum atomic E-state index is 5.21. The first-order chi connectivity index (χ1) is 22.8. The van der Waals surface area contributed by atoms with Crippen LogP contribution in [0.25, 0.3) is 88.0 Å². The molecule has 0 amide bonds. The summed E-state index contributed by atoms with van der Waals surface area (Å²) in [7, 11) is 0. The van der Waals surface area contributed by atoms with Crippen molar-refractivity contribution in [2.75, 3.05) is 0 Å². The van der Waals surface area contributed by atoms with Crippen LogP contribution in [0, 0.1) is 0 Å². The van der Waals surface area contributed by atoms with Gasteiger partial charge in [-0.1, -0.05) is 140 Å². The van der Waals surface area contributed by atoms with Crippen molar-refractivity contribution >= 4 is 43.4 Å². The van der Waals surface area contributed by atoms with Crippen molar-refractivity contribution in [2.45, 2.75) is 0 Å². The molecule has 0 saturated heterocycles. The largest absolute Gasteiger partial charge is 0.254 e. The van der Waals surface area contributed by atoms with Crippen molar-refractivity contribution in [3.8, 4) is 44.6 Å². The number of hydrogen-bond donors (Lipinski definition) is 0. The molecule has 2 aromatic heterocycles. The minimum absolute atomic E-state index is 0.927. The maximum absolute atomic E-state index is 5.21. The summed E-state index contributed by atoms with van der Waals surface area (Å²) in [4.78, 5) is 9.90. The third-order valence-corrected chi connectivity index (χ3v) is 9.08. The first-order valence-corrected chi connectivity index (χ1v) is 15.7. The van der Waals surface area contributed by atoms with E-state index in [1.807, 2.05) is 12.3 Å². The molecule has 7 aromatic carbocycles. The van der Waals surface area contributed by atoms with Crippen LogP contribution >= 0.6 is 0 Å². The Bertz CT molecular complexity index is 2560. The van der Waals surface area contributed by atoms with Crippen LogP contribution in [0.4, 0.5) is 0 Å². The lowest BCUT2D eigenvalue weighted by Gasteiger charge is -2.19. The van der Waals surface area contributed by atoms with Crippen LogP contribution in [-0.2, 0) is 0 Å². The Kier molecular flexibility index (Phi) is 6.17. The second-order valence-electron chi connectivity index (χ2n) is 11.8. The summed E-state index contributed by atoms with van der Waals surface area (Å²) >= 11 is 0. The van der Waals surface area contributed by atoms with Crippen molar-refractivity contribution in [3.63, 3.8) is 0 Å². The van der Waals surface area contributed by atoms with Gasteiger partial charge in [0.25, 0.3) is 0 Å². The molecule has 2 heterocycles. The van der Waals surface area contributed by atoms with Crippen LogP contribution in [0.3, 0.4) is 0 Å². The normalized spacial score (nSPS) is 11.5. The molecule has 0 spiro atoms. The second kappa shape index (κ2) is 10.8. The molecule has 0 atom stereocenters. The van der Waals surface area contributed by atoms with Crippen molar-refractivity contribution in [1.29, 1.82) is 0 Å². The van der Waals surface area contributed by atoms with Crippen molar-refractivity contribution < 1.29 is 0 Å². The molecular weight excluding hydrogens is 556 g/mol. The zero-order valence-electron chi connectivity index (χ0n) is 25.1. The molecule has 0 aliphatic carbocycles. The molecule has 0 radical (unpaired) electrons. The van der Waals surface area contributed by atoms with Gasteiger partial charge in [0.1, 0.15) is 0 Å². The summed E-state index contributed by atoms with van der Waals surface area (Å²) in [5.74, 6) is 0. The predicted molar refractivity (Wildman–Crippen MR) is 194 cm³/mol. The molecule has 0 N–H and O–H groups in total. The summed E-state index contributed by atoms with van der Waals surface area (Å²) in [5.41, 5.74) is 11.2. The zero-order chi connectivity index (χ0) is 30.5. The highest BCUT2D eigenvalue weighted by Gasteiger charge is 2.19. The highest BCUT2D eigenvalue weighted by molar-refractivity contribution is 6.22. The van der Waals surface area contributed by atoms with Gasteiger partial charge in [0.05, 0.1) is 16.7 Å². The number of pyridine rings is 2. The van der Waals surface area contributed by atoms with Gasteiger partial charge in [0.15, 0.2) is 0 Å². The average molecular weight is 585 g/mol. The van der Waals surface area contributed by atoms with Gasteiger partial charge in [0.2, 0.25) is 0 Å². The van der Waals surface area contributed by atoms with Crippen LogP contribution < -0.4 is 0 Å². The van der Waals surface area contributed by atoms with Gasteiger partial charge < -0.3 is 0 Å². The fourth-order valence-corrected chi connectivity index (χ4v) is 6.91. The predicted octanol–water partition coefficient (Wildman–Crippen LogP) is 11.8. The van der Waals surface area contributed by atoms with E-state index in [-0.39, 0.29) is 0 Å². The van der Waals surface area contributed by atoms with Crippen molar-refractivity contribution in [1.82, 2.24) is 9.97 Å². The number of hydrogen-bond acceptors (Lipinski definition) is 2. The molecule has 0 fully saturated rings. The second-order valence-corrected chi connectivity index (χ2v) is 11.8. The molecular formula is C44H28N2. The van der Waals surface area contributed by atoms with E-state index in [1.54, 1.807) is 0 Å². The Morgan fingerprint density at radius 3 is 1.48 bits per heavy atom. The Hall–Kier alpha value is -6.12. The first-order valence-electron chi connectivity index (χ1n) is 15.7. The van der Waals surface area contributed by atoms with Crippen molar-refractivity contribution in [3.05, 3.63) is 170 Å². The topological polar surface area (TPSA) is 25.8 Å². The van der Waals surface area contributed by atoms with Gasteiger partial charge in [-0.3, -0.25) is 4.98 Å². The van der Waals surface area contributed by atoms with E-state index in [0.717, 1.165) is 33.1 Å². The fourth-order valence-electron chi connectivity index (χ4n) is 6.91. The summed E-state index contributed by atoms with van der Waals surface area (Å²) in [6, 6.07) is 58.6. The highest BCUT2D eigenvalue weighted by atomic mass is 14.7. The monoisotopic (exact) mass is 584 g/mol. The summed E-state index contributed by atoms with van der Waals surface area (Å²) in [5, 5.41) is 7.09. The number of rotatable bonds is 4. The number of fused-ring (bicyclic) bond motifs is 5. The van der Waals surface area contributed by atoms with Gasteiger partial charge in [-0.15, -0.1) is 0 Å². The Morgan fingerprint density at radius 1 is 0.326 bits per heavy atom. The molecule has 214 valence electrons. The van der Waals surface area contributed by atoms with Gasteiger partial charge in [-0.05, 0) is 79.2 Å². The van der Waals surface area contributed by atoms with E-state index < -0.39 is 0 Å². The Labute approximate surface area is 267 Å². The van der Waals surface area contributed by atoms with E-state index in [0.29, 0.717) is 0 Å². The van der Waals surface area contributed by atoms with Crippen LogP contribution in [0.5, 0.6) is 0 Å². The Balaban J connectivity index is 1.37. The molecule has 0 saturated carbocycles. The highest BCUT2D eigenvalue weighted by Crippen LogP contribution is 2.45. The molecule has 9 aromatic rings. The lowest BCUT2D eigenvalue weighted by atomic mass is 9.84. The molecule has 9 rings (SSSR count). The average Bonchev–Trinajstić information content (AvgIpc) is 3.14. The molecule has 2 heteroatoms. The van der Waals surface area contributed by atoms with Crippen LogP contribution in [0.2, 0.25) is 0 Å². The summed E-state index contributed by atoms with van der Waals surface area (Å²) in [6.07, 6.45) is 1.84. The standard InChI is InChI=1S/C44H28N2/c1-4-11-29(12-5-1)34-20-23-36-38(27-34)41(30-13-6-2-7-14-30)37-24-21-35(28-39(37)42(36)31-15-8-3-9-16-31)40-25-22-33-19-18-32-17-10-26-45-43(32)44(33)46-40/h1-28H. The van der Waals surface area contributed by atoms with Crippen LogP contribution in [0.1, 0.15) is 0 Å². The molecule has 0 unspecified atom stereocenters. The minimum Gasteiger partial charge on any atom is -0.254 e. The SMILES string of the molecule is c1ccc(-c2ccc3c(-c4ccccc4)c4cc(-c5ccc6ccc7cccnc7c6n5)ccc4c(-c4ccccc4)c3c2)cc1. The van der Waals surface area contributed by atoms with Gasteiger partial charge in [-0.2, -0.15) is 0 Å². The molecule has 46 heavy (non-hydrogen) atoms. The third-order valence-electron chi connectivity index (χ3n) is 9.08. The number of benzene rings is 7.